The van der Waals surface area contributed by atoms with Gasteiger partial charge in [0.05, 0.1) is 13.7 Å². The number of carbonyl (C=O) groups excluding carboxylic acids is 1. The van der Waals surface area contributed by atoms with Crippen LogP contribution in [0.3, 0.4) is 0 Å². The number of ether oxygens (including phenoxy) is 1. The van der Waals surface area contributed by atoms with Gasteiger partial charge in [0.15, 0.2) is 5.75 Å². The molecule has 0 atom stereocenters. The Morgan fingerprint density at radius 3 is 2.59 bits per heavy atom. The molecular weight excluding hydrogens is 445 g/mol. The Hall–Kier alpha value is -4.21. The lowest BCUT2D eigenvalue weighted by atomic mass is 10.0. The van der Waals surface area contributed by atoms with E-state index in [4.69, 9.17) is 9.84 Å². The number of hydrogen-bond donors (Lipinski definition) is 3. The molecule has 1 heterocycles. The second kappa shape index (κ2) is 10.6. The first-order valence-electron chi connectivity index (χ1n) is 10.5. The van der Waals surface area contributed by atoms with Gasteiger partial charge in [-0.2, -0.15) is 5.10 Å². The second-order valence-corrected chi connectivity index (χ2v) is 7.47. The van der Waals surface area contributed by atoms with Crippen LogP contribution in [0.25, 0.3) is 11.1 Å². The molecule has 0 saturated heterocycles. The van der Waals surface area contributed by atoms with E-state index in [1.54, 1.807) is 30.3 Å². The summed E-state index contributed by atoms with van der Waals surface area (Å²) in [4.78, 5) is 36.1. The fourth-order valence-corrected chi connectivity index (χ4v) is 3.46. The molecule has 9 nitrogen and oxygen atoms in total. The molecule has 0 fully saturated rings. The molecule has 0 spiro atoms. The van der Waals surface area contributed by atoms with Gasteiger partial charge in [0.1, 0.15) is 29.4 Å². The molecule has 3 rings (SSSR count). The number of aryl methyl sites for hydroxylation is 1. The zero-order valence-corrected chi connectivity index (χ0v) is 18.7. The van der Waals surface area contributed by atoms with Crippen molar-refractivity contribution in [1.82, 2.24) is 15.1 Å². The summed E-state index contributed by atoms with van der Waals surface area (Å²) in [6.07, 6.45) is 0.803. The fraction of sp³-hybridized carbons (Fsp3) is 0.250. The van der Waals surface area contributed by atoms with E-state index in [9.17, 15) is 19.5 Å². The quantitative estimate of drug-likeness (QED) is 0.439. The van der Waals surface area contributed by atoms with E-state index in [-0.39, 0.29) is 24.2 Å². The highest BCUT2D eigenvalue weighted by molar-refractivity contribution is 5.98. The van der Waals surface area contributed by atoms with Gasteiger partial charge in [-0.15, -0.1) is 0 Å². The molecule has 178 valence electrons. The zero-order valence-electron chi connectivity index (χ0n) is 18.7. The van der Waals surface area contributed by atoms with Crippen LogP contribution in [-0.2, 0) is 17.8 Å². The van der Waals surface area contributed by atoms with Crippen LogP contribution in [0.4, 0.5) is 4.39 Å². The molecule has 3 N–H and O–H groups in total. The molecule has 0 aliphatic rings. The Kier molecular flexibility index (Phi) is 7.62. The lowest BCUT2D eigenvalue weighted by Crippen LogP contribution is -2.37. The third-order valence-corrected chi connectivity index (χ3v) is 5.11. The highest BCUT2D eigenvalue weighted by Gasteiger charge is 2.23. The van der Waals surface area contributed by atoms with Crippen LogP contribution in [-0.4, -0.2) is 45.5 Å². The Morgan fingerprint density at radius 2 is 1.94 bits per heavy atom. The summed E-state index contributed by atoms with van der Waals surface area (Å²) >= 11 is 0. The predicted molar refractivity (Wildman–Crippen MR) is 122 cm³/mol. The summed E-state index contributed by atoms with van der Waals surface area (Å²) in [5, 5.41) is 25.4. The Labute approximate surface area is 194 Å². The van der Waals surface area contributed by atoms with Crippen molar-refractivity contribution < 1.29 is 28.9 Å². The van der Waals surface area contributed by atoms with Crippen molar-refractivity contribution in [3.05, 3.63) is 75.5 Å². The number of aromatic nitrogens is 2. The van der Waals surface area contributed by atoms with Crippen molar-refractivity contribution in [3.63, 3.8) is 0 Å². The number of aliphatic carboxylic acids is 1. The molecule has 3 aromatic rings. The molecule has 0 saturated carbocycles. The van der Waals surface area contributed by atoms with Crippen molar-refractivity contribution >= 4 is 11.9 Å². The number of carboxylic acids is 1. The van der Waals surface area contributed by atoms with E-state index in [1.165, 1.54) is 19.2 Å². The molecule has 0 unspecified atom stereocenters. The normalized spacial score (nSPS) is 10.7. The standard InChI is InChI=1S/C24H24FN3O6/c1-3-6-18-22(31)21(23(32)26-12-20(29)30)24(33)28(27-18)13-15-10-9-14(11-17(15)25)16-7-4-5-8-19(16)34-2/h4-5,7-11,31H,3,6,12-13H2,1-2H3,(H,26,32)(H,29,30). The van der Waals surface area contributed by atoms with E-state index < -0.39 is 41.1 Å². The van der Waals surface area contributed by atoms with Crippen LogP contribution in [0.15, 0.2) is 47.3 Å². The average Bonchev–Trinajstić information content (AvgIpc) is 2.82. The number of carbonyl (C=O) groups is 2. The van der Waals surface area contributed by atoms with Gasteiger partial charge in [-0.1, -0.05) is 43.7 Å². The third kappa shape index (κ3) is 5.22. The smallest absolute Gasteiger partial charge is 0.322 e. The van der Waals surface area contributed by atoms with Crippen LogP contribution in [0, 0.1) is 5.82 Å². The van der Waals surface area contributed by atoms with Crippen LogP contribution >= 0.6 is 0 Å². The minimum atomic E-state index is -1.31. The second-order valence-electron chi connectivity index (χ2n) is 7.47. The van der Waals surface area contributed by atoms with Gasteiger partial charge in [0, 0.05) is 11.1 Å². The SMILES string of the molecule is CCCc1nn(Cc2ccc(-c3ccccc3OC)cc2F)c(=O)c(C(=O)NCC(=O)O)c1O. The summed E-state index contributed by atoms with van der Waals surface area (Å²) in [5.41, 5.74) is -0.116. The molecule has 34 heavy (non-hydrogen) atoms. The number of aromatic hydroxyl groups is 1. The molecule has 0 aliphatic heterocycles. The highest BCUT2D eigenvalue weighted by Crippen LogP contribution is 2.30. The van der Waals surface area contributed by atoms with Gasteiger partial charge < -0.3 is 20.3 Å². The maximum absolute atomic E-state index is 15.0. The topological polar surface area (TPSA) is 131 Å². The molecule has 0 bridgehead atoms. The lowest BCUT2D eigenvalue weighted by Gasteiger charge is -2.14. The predicted octanol–water partition coefficient (Wildman–Crippen LogP) is 2.58. The molecule has 1 amide bonds. The van der Waals surface area contributed by atoms with Crippen LogP contribution in [0.1, 0.15) is 35.0 Å². The van der Waals surface area contributed by atoms with E-state index in [0.29, 0.717) is 23.3 Å². The molecule has 10 heteroatoms. The zero-order chi connectivity index (χ0) is 24.8. The van der Waals surface area contributed by atoms with Gasteiger partial charge in [-0.25, -0.2) is 9.07 Å². The van der Waals surface area contributed by atoms with Crippen molar-refractivity contribution in [2.24, 2.45) is 0 Å². The molecular formula is C24H24FN3O6. The van der Waals surface area contributed by atoms with E-state index in [1.807, 2.05) is 6.92 Å². The van der Waals surface area contributed by atoms with Crippen molar-refractivity contribution in [1.29, 1.82) is 0 Å². The largest absolute Gasteiger partial charge is 0.505 e. The van der Waals surface area contributed by atoms with Gasteiger partial charge in [0.2, 0.25) is 0 Å². The lowest BCUT2D eigenvalue weighted by molar-refractivity contribution is -0.135. The van der Waals surface area contributed by atoms with E-state index in [0.717, 1.165) is 4.68 Å². The number of methoxy groups -OCH3 is 1. The summed E-state index contributed by atoms with van der Waals surface area (Å²) in [6.45, 7) is 0.784. The van der Waals surface area contributed by atoms with Crippen molar-refractivity contribution in [2.75, 3.05) is 13.7 Å². The molecule has 2 aromatic carbocycles. The van der Waals surface area contributed by atoms with E-state index in [2.05, 4.69) is 10.4 Å². The number of rotatable bonds is 9. The average molecular weight is 469 g/mol. The number of para-hydroxylation sites is 1. The molecule has 0 radical (unpaired) electrons. The number of hydrogen-bond acceptors (Lipinski definition) is 6. The maximum Gasteiger partial charge on any atom is 0.322 e. The Morgan fingerprint density at radius 1 is 1.21 bits per heavy atom. The van der Waals surface area contributed by atoms with Gasteiger partial charge in [0.25, 0.3) is 11.5 Å². The van der Waals surface area contributed by atoms with Crippen LogP contribution in [0.5, 0.6) is 11.5 Å². The molecule has 1 aromatic heterocycles. The monoisotopic (exact) mass is 469 g/mol. The van der Waals surface area contributed by atoms with Gasteiger partial charge in [-0.05, 0) is 24.1 Å². The minimum absolute atomic E-state index is 0.0774. The first-order chi connectivity index (χ1) is 16.3. The first kappa shape index (κ1) is 24.4. The summed E-state index contributed by atoms with van der Waals surface area (Å²) in [6, 6.07) is 11.6. The van der Waals surface area contributed by atoms with Gasteiger partial charge in [-0.3, -0.25) is 14.4 Å². The summed E-state index contributed by atoms with van der Waals surface area (Å²) in [5.74, 6) is -3.00. The number of nitrogens with zero attached hydrogens (tertiary/aromatic N) is 2. The van der Waals surface area contributed by atoms with Crippen LogP contribution < -0.4 is 15.6 Å². The van der Waals surface area contributed by atoms with E-state index >= 15 is 4.39 Å². The number of nitrogens with one attached hydrogen (secondary N) is 1. The maximum atomic E-state index is 15.0. The molecule has 0 aliphatic carbocycles. The van der Waals surface area contributed by atoms with Crippen LogP contribution in [0.2, 0.25) is 0 Å². The van der Waals surface area contributed by atoms with Crippen molar-refractivity contribution in [2.45, 2.75) is 26.3 Å². The summed E-state index contributed by atoms with van der Waals surface area (Å²) in [7, 11) is 1.52. The number of benzene rings is 2. The Balaban J connectivity index is 2.01. The minimum Gasteiger partial charge on any atom is -0.505 e. The first-order valence-corrected chi connectivity index (χ1v) is 10.5. The highest BCUT2D eigenvalue weighted by atomic mass is 19.1. The summed E-state index contributed by atoms with van der Waals surface area (Å²) < 4.78 is 21.2. The van der Waals surface area contributed by atoms with Gasteiger partial charge >= 0.3 is 5.97 Å². The fourth-order valence-electron chi connectivity index (χ4n) is 3.46. The third-order valence-electron chi connectivity index (χ3n) is 5.11. The Bertz CT molecular complexity index is 1290. The number of amides is 1. The number of carboxylic acid groups (broad SMARTS) is 1. The number of halogens is 1. The van der Waals surface area contributed by atoms with Crippen molar-refractivity contribution in [3.8, 4) is 22.6 Å².